The fourth-order valence-corrected chi connectivity index (χ4v) is 2.24. The third kappa shape index (κ3) is 1.86. The van der Waals surface area contributed by atoms with Crippen molar-refractivity contribution >= 4 is 16.3 Å². The minimum atomic E-state index is 0.423. The van der Waals surface area contributed by atoms with Gasteiger partial charge in [-0.05, 0) is 30.5 Å². The number of hydrogen-bond acceptors (Lipinski definition) is 6. The smallest absolute Gasteiger partial charge is 0.261 e. The van der Waals surface area contributed by atoms with Crippen LogP contribution < -0.4 is 5.73 Å². The van der Waals surface area contributed by atoms with Gasteiger partial charge in [-0.25, -0.2) is 4.98 Å². The lowest BCUT2D eigenvalue weighted by Gasteiger charge is -1.94. The molecule has 0 amide bonds. The van der Waals surface area contributed by atoms with Gasteiger partial charge in [0.05, 0.1) is 10.6 Å². The van der Waals surface area contributed by atoms with Gasteiger partial charge in [0.15, 0.2) is 0 Å². The van der Waals surface area contributed by atoms with Gasteiger partial charge in [-0.15, -0.1) is 11.3 Å². The van der Waals surface area contributed by atoms with Crippen molar-refractivity contribution in [1.82, 2.24) is 15.1 Å². The van der Waals surface area contributed by atoms with Gasteiger partial charge < -0.3 is 10.3 Å². The molecule has 0 fully saturated rings. The Bertz CT molecular complexity index is 689. The van der Waals surface area contributed by atoms with E-state index in [1.165, 1.54) is 11.3 Å². The Hall–Kier alpha value is -2.21. The molecule has 0 saturated carbocycles. The predicted molar refractivity (Wildman–Crippen MR) is 70.0 cm³/mol. The van der Waals surface area contributed by atoms with Crippen molar-refractivity contribution in [2.24, 2.45) is 0 Å². The first-order valence-electron chi connectivity index (χ1n) is 5.35. The lowest BCUT2D eigenvalue weighted by atomic mass is 10.3. The summed E-state index contributed by atoms with van der Waals surface area (Å²) in [6.07, 6.45) is 0. The molecule has 0 aliphatic heterocycles. The van der Waals surface area contributed by atoms with Gasteiger partial charge in [0.25, 0.3) is 5.89 Å². The van der Waals surface area contributed by atoms with Crippen LogP contribution in [0.4, 0.5) is 5.00 Å². The molecule has 0 aliphatic rings. The summed E-state index contributed by atoms with van der Waals surface area (Å²) >= 11 is 1.44. The molecule has 0 unspecified atom stereocenters. The van der Waals surface area contributed by atoms with E-state index in [0.717, 1.165) is 11.3 Å². The van der Waals surface area contributed by atoms with E-state index in [0.29, 0.717) is 22.4 Å². The van der Waals surface area contributed by atoms with E-state index in [9.17, 15) is 0 Å². The number of aromatic nitrogens is 3. The molecule has 0 aromatic carbocycles. The predicted octanol–water partition coefficient (Wildman–Crippen LogP) is 2.75. The highest BCUT2D eigenvalue weighted by atomic mass is 32.1. The van der Waals surface area contributed by atoms with E-state index in [2.05, 4.69) is 15.1 Å². The number of nitrogens with zero attached hydrogens (tertiary/aromatic N) is 3. The van der Waals surface area contributed by atoms with Crippen molar-refractivity contribution in [2.75, 3.05) is 5.73 Å². The van der Waals surface area contributed by atoms with Gasteiger partial charge in [0.2, 0.25) is 5.82 Å². The van der Waals surface area contributed by atoms with E-state index in [-0.39, 0.29) is 0 Å². The summed E-state index contributed by atoms with van der Waals surface area (Å²) in [4.78, 5) is 8.66. The van der Waals surface area contributed by atoms with Crippen LogP contribution in [0, 0.1) is 6.92 Å². The molecule has 0 bridgehead atoms. The molecule has 0 aliphatic carbocycles. The molecule has 3 rings (SSSR count). The largest absolute Gasteiger partial charge is 0.390 e. The molecule has 3 aromatic rings. The molecule has 3 heterocycles. The molecule has 0 atom stereocenters. The number of rotatable bonds is 2. The fraction of sp³-hybridized carbons (Fsp3) is 0.0833. The second-order valence-electron chi connectivity index (χ2n) is 3.79. The van der Waals surface area contributed by atoms with E-state index >= 15 is 0 Å². The van der Waals surface area contributed by atoms with Crippen molar-refractivity contribution in [2.45, 2.75) is 6.92 Å². The molecule has 0 spiro atoms. The highest BCUT2D eigenvalue weighted by Crippen LogP contribution is 2.30. The Kier molecular flexibility index (Phi) is 2.56. The van der Waals surface area contributed by atoms with Gasteiger partial charge in [0.1, 0.15) is 5.69 Å². The second kappa shape index (κ2) is 4.23. The molecule has 3 aromatic heterocycles. The fourth-order valence-electron chi connectivity index (χ4n) is 1.60. The highest BCUT2D eigenvalue weighted by Gasteiger charge is 2.14. The van der Waals surface area contributed by atoms with Crippen molar-refractivity contribution in [3.63, 3.8) is 0 Å². The van der Waals surface area contributed by atoms with Crippen LogP contribution in [0.3, 0.4) is 0 Å². The zero-order valence-corrected chi connectivity index (χ0v) is 10.4. The maximum atomic E-state index is 5.82. The Balaban J connectivity index is 2.02. The lowest BCUT2D eigenvalue weighted by Crippen LogP contribution is -1.88. The number of pyridine rings is 1. The molecular weight excluding hydrogens is 248 g/mol. The molecular formula is C12H10N4OS. The number of nitrogen functional groups attached to an aromatic ring is 1. The minimum Gasteiger partial charge on any atom is -0.390 e. The van der Waals surface area contributed by atoms with Crippen LogP contribution in [-0.2, 0) is 0 Å². The SMILES string of the molecule is Cc1cccc(-c2noc(-c3ccsc3N)n2)n1. The molecule has 5 nitrogen and oxygen atoms in total. The van der Waals surface area contributed by atoms with Crippen LogP contribution in [0.25, 0.3) is 23.0 Å². The second-order valence-corrected chi connectivity index (χ2v) is 4.73. The first kappa shape index (κ1) is 10.9. The first-order chi connectivity index (χ1) is 8.74. The number of nitrogens with two attached hydrogens (primary N) is 1. The normalized spacial score (nSPS) is 10.7. The van der Waals surface area contributed by atoms with Crippen LogP contribution >= 0.6 is 11.3 Å². The third-order valence-corrected chi connectivity index (χ3v) is 3.22. The summed E-state index contributed by atoms with van der Waals surface area (Å²) in [7, 11) is 0. The number of aryl methyl sites for hydroxylation is 1. The summed E-state index contributed by atoms with van der Waals surface area (Å²) in [5, 5.41) is 6.48. The number of thiophene rings is 1. The average Bonchev–Trinajstić information content (AvgIpc) is 2.97. The van der Waals surface area contributed by atoms with Crippen LogP contribution in [0.15, 0.2) is 34.2 Å². The summed E-state index contributed by atoms with van der Waals surface area (Å²) in [6.45, 7) is 1.92. The molecule has 90 valence electrons. The zero-order chi connectivity index (χ0) is 12.5. The van der Waals surface area contributed by atoms with E-state index < -0.39 is 0 Å². The van der Waals surface area contributed by atoms with Crippen molar-refractivity contribution in [3.8, 4) is 23.0 Å². The van der Waals surface area contributed by atoms with Gasteiger partial charge in [-0.3, -0.25) is 0 Å². The lowest BCUT2D eigenvalue weighted by molar-refractivity contribution is 0.432. The van der Waals surface area contributed by atoms with Crippen molar-refractivity contribution in [1.29, 1.82) is 0 Å². The van der Waals surface area contributed by atoms with Crippen LogP contribution in [-0.4, -0.2) is 15.1 Å². The minimum absolute atomic E-state index is 0.423. The number of hydrogen-bond donors (Lipinski definition) is 1. The standard InChI is InChI=1S/C12H10N4OS/c1-7-3-2-4-9(14-7)11-15-12(17-16-11)8-5-6-18-10(8)13/h2-6H,13H2,1H3. The van der Waals surface area contributed by atoms with Crippen molar-refractivity contribution < 1.29 is 4.52 Å². The molecule has 2 N–H and O–H groups in total. The Morgan fingerprint density at radius 2 is 2.11 bits per heavy atom. The molecule has 0 radical (unpaired) electrons. The van der Waals surface area contributed by atoms with E-state index in [4.69, 9.17) is 10.3 Å². The Labute approximate surface area is 107 Å². The number of anilines is 1. The molecule has 18 heavy (non-hydrogen) atoms. The summed E-state index contributed by atoms with van der Waals surface area (Å²) in [5.41, 5.74) is 8.19. The molecule has 6 heteroatoms. The maximum Gasteiger partial charge on any atom is 0.261 e. The maximum absolute atomic E-state index is 5.82. The van der Waals surface area contributed by atoms with Gasteiger partial charge in [0, 0.05) is 5.69 Å². The highest BCUT2D eigenvalue weighted by molar-refractivity contribution is 7.14. The van der Waals surface area contributed by atoms with E-state index in [1.807, 2.05) is 36.6 Å². The third-order valence-electron chi connectivity index (χ3n) is 2.47. The first-order valence-corrected chi connectivity index (χ1v) is 6.23. The monoisotopic (exact) mass is 258 g/mol. The molecule has 0 saturated heterocycles. The van der Waals surface area contributed by atoms with E-state index in [1.54, 1.807) is 0 Å². The van der Waals surface area contributed by atoms with Crippen LogP contribution in [0.1, 0.15) is 5.69 Å². The summed E-state index contributed by atoms with van der Waals surface area (Å²) < 4.78 is 5.21. The Morgan fingerprint density at radius 1 is 1.22 bits per heavy atom. The van der Waals surface area contributed by atoms with Gasteiger partial charge >= 0.3 is 0 Å². The van der Waals surface area contributed by atoms with Gasteiger partial charge in [-0.1, -0.05) is 11.2 Å². The topological polar surface area (TPSA) is 77.8 Å². The van der Waals surface area contributed by atoms with Crippen LogP contribution in [0.2, 0.25) is 0 Å². The summed E-state index contributed by atoms with van der Waals surface area (Å²) in [5.74, 6) is 0.895. The summed E-state index contributed by atoms with van der Waals surface area (Å²) in [6, 6.07) is 7.54. The van der Waals surface area contributed by atoms with Gasteiger partial charge in [-0.2, -0.15) is 4.98 Å². The van der Waals surface area contributed by atoms with Crippen molar-refractivity contribution in [3.05, 3.63) is 35.3 Å². The average molecular weight is 258 g/mol. The Morgan fingerprint density at radius 3 is 2.83 bits per heavy atom. The zero-order valence-electron chi connectivity index (χ0n) is 9.62. The van der Waals surface area contributed by atoms with Crippen LogP contribution in [0.5, 0.6) is 0 Å². The quantitative estimate of drug-likeness (QED) is 0.764.